The molecule has 108 valence electrons. The molecular weight excluding hydrogens is 240 g/mol. The number of aromatic nitrogens is 4. The predicted molar refractivity (Wildman–Crippen MR) is 74.6 cm³/mol. The van der Waals surface area contributed by atoms with Crippen LogP contribution in [0.2, 0.25) is 0 Å². The minimum atomic E-state index is 0.229. The zero-order valence-electron chi connectivity index (χ0n) is 12.6. The van der Waals surface area contributed by atoms with Gasteiger partial charge in [-0.3, -0.25) is 4.90 Å². The summed E-state index contributed by atoms with van der Waals surface area (Å²) in [5, 5.41) is 16.1. The van der Waals surface area contributed by atoms with Crippen molar-refractivity contribution in [2.24, 2.45) is 7.05 Å². The Bertz CT molecular complexity index is 398. The standard InChI is InChI=1S/C13H26N6/c1-5-13(6-2)10-19(11(3)7-8-14-13)9-12-15-17-18(4)16-12/h11,14H,5-10H2,1-4H3. The van der Waals surface area contributed by atoms with Crippen molar-refractivity contribution in [2.45, 2.75) is 58.2 Å². The number of rotatable bonds is 4. The lowest BCUT2D eigenvalue weighted by Crippen LogP contribution is -2.51. The summed E-state index contributed by atoms with van der Waals surface area (Å²) in [4.78, 5) is 4.02. The van der Waals surface area contributed by atoms with Gasteiger partial charge in [-0.05, 0) is 37.9 Å². The lowest BCUT2D eigenvalue weighted by molar-refractivity contribution is 0.149. The first-order chi connectivity index (χ1) is 9.08. The molecule has 2 heterocycles. The molecule has 1 aliphatic rings. The zero-order chi connectivity index (χ0) is 13.9. The van der Waals surface area contributed by atoms with E-state index in [1.54, 1.807) is 0 Å². The molecule has 1 fully saturated rings. The van der Waals surface area contributed by atoms with Gasteiger partial charge in [-0.1, -0.05) is 13.8 Å². The predicted octanol–water partition coefficient (Wildman–Crippen LogP) is 0.953. The van der Waals surface area contributed by atoms with Gasteiger partial charge in [-0.15, -0.1) is 10.2 Å². The van der Waals surface area contributed by atoms with Crippen LogP contribution < -0.4 is 5.32 Å². The Morgan fingerprint density at radius 2 is 2.11 bits per heavy atom. The summed E-state index contributed by atoms with van der Waals surface area (Å²) < 4.78 is 0. The highest BCUT2D eigenvalue weighted by molar-refractivity contribution is 4.94. The summed E-state index contributed by atoms with van der Waals surface area (Å²) >= 11 is 0. The van der Waals surface area contributed by atoms with Crippen molar-refractivity contribution in [3.63, 3.8) is 0 Å². The van der Waals surface area contributed by atoms with Crippen molar-refractivity contribution in [3.05, 3.63) is 5.82 Å². The molecule has 1 aromatic rings. The van der Waals surface area contributed by atoms with Gasteiger partial charge in [0.05, 0.1) is 13.6 Å². The average molecular weight is 266 g/mol. The number of nitrogens with zero attached hydrogens (tertiary/aromatic N) is 5. The van der Waals surface area contributed by atoms with Crippen molar-refractivity contribution in [1.29, 1.82) is 0 Å². The van der Waals surface area contributed by atoms with Crippen LogP contribution in [0.4, 0.5) is 0 Å². The highest BCUT2D eigenvalue weighted by atomic mass is 15.6. The maximum Gasteiger partial charge on any atom is 0.188 e. The largest absolute Gasteiger partial charge is 0.310 e. The molecule has 0 aromatic carbocycles. The van der Waals surface area contributed by atoms with Gasteiger partial charge in [0.2, 0.25) is 0 Å². The van der Waals surface area contributed by atoms with Crippen molar-refractivity contribution >= 4 is 0 Å². The van der Waals surface area contributed by atoms with E-state index in [0.717, 1.165) is 38.3 Å². The maximum atomic E-state index is 4.30. The van der Waals surface area contributed by atoms with Crippen LogP contribution in [0.15, 0.2) is 0 Å². The van der Waals surface area contributed by atoms with Crippen LogP contribution in [0.3, 0.4) is 0 Å². The third-order valence-corrected chi connectivity index (χ3v) is 4.44. The van der Waals surface area contributed by atoms with Crippen LogP contribution >= 0.6 is 0 Å². The van der Waals surface area contributed by atoms with E-state index >= 15 is 0 Å². The van der Waals surface area contributed by atoms with E-state index < -0.39 is 0 Å². The van der Waals surface area contributed by atoms with Crippen LogP contribution in [0, 0.1) is 0 Å². The van der Waals surface area contributed by atoms with Gasteiger partial charge in [-0.2, -0.15) is 4.80 Å². The molecule has 1 N–H and O–H groups in total. The molecule has 0 amide bonds. The molecule has 2 rings (SSSR count). The van der Waals surface area contributed by atoms with E-state index in [1.807, 2.05) is 7.05 Å². The minimum Gasteiger partial charge on any atom is -0.310 e. The average Bonchev–Trinajstić information content (AvgIpc) is 2.74. The third kappa shape index (κ3) is 3.30. The fourth-order valence-electron chi connectivity index (χ4n) is 2.83. The molecular formula is C13H26N6. The van der Waals surface area contributed by atoms with Gasteiger partial charge in [0, 0.05) is 18.1 Å². The second-order valence-electron chi connectivity index (χ2n) is 5.65. The first-order valence-corrected chi connectivity index (χ1v) is 7.30. The number of tetrazole rings is 1. The summed E-state index contributed by atoms with van der Waals surface area (Å²) in [6.45, 7) is 9.76. The van der Waals surface area contributed by atoms with Crippen molar-refractivity contribution in [3.8, 4) is 0 Å². The number of hydrogen-bond donors (Lipinski definition) is 1. The summed E-state index contributed by atoms with van der Waals surface area (Å²) in [5.41, 5.74) is 0.229. The Morgan fingerprint density at radius 3 is 2.68 bits per heavy atom. The van der Waals surface area contributed by atoms with Crippen LogP contribution in [-0.4, -0.2) is 49.8 Å². The highest BCUT2D eigenvalue weighted by Crippen LogP contribution is 2.23. The van der Waals surface area contributed by atoms with Gasteiger partial charge in [0.1, 0.15) is 0 Å². The molecule has 6 nitrogen and oxygen atoms in total. The molecule has 1 atom stereocenters. The Labute approximate surface area is 115 Å². The molecule has 0 bridgehead atoms. The number of aryl methyl sites for hydroxylation is 1. The SMILES string of the molecule is CCC1(CC)CN(Cc2nnn(C)n2)C(C)CCN1. The molecule has 0 spiro atoms. The van der Waals surface area contributed by atoms with E-state index in [2.05, 4.69) is 46.4 Å². The van der Waals surface area contributed by atoms with E-state index in [0.29, 0.717) is 6.04 Å². The maximum absolute atomic E-state index is 4.30. The Morgan fingerprint density at radius 1 is 1.37 bits per heavy atom. The van der Waals surface area contributed by atoms with Crippen LogP contribution in [0.1, 0.15) is 45.9 Å². The van der Waals surface area contributed by atoms with Gasteiger partial charge in [0.15, 0.2) is 5.82 Å². The van der Waals surface area contributed by atoms with E-state index in [-0.39, 0.29) is 5.54 Å². The van der Waals surface area contributed by atoms with Crippen molar-refractivity contribution < 1.29 is 0 Å². The number of hydrogen-bond acceptors (Lipinski definition) is 5. The molecule has 0 aliphatic carbocycles. The first kappa shape index (κ1) is 14.4. The summed E-state index contributed by atoms with van der Waals surface area (Å²) in [6.07, 6.45) is 3.48. The van der Waals surface area contributed by atoms with Crippen LogP contribution in [0.25, 0.3) is 0 Å². The lowest BCUT2D eigenvalue weighted by atomic mass is 9.92. The van der Waals surface area contributed by atoms with Crippen molar-refractivity contribution in [2.75, 3.05) is 13.1 Å². The molecule has 1 aliphatic heterocycles. The van der Waals surface area contributed by atoms with Crippen molar-refractivity contribution in [1.82, 2.24) is 30.4 Å². The Balaban J connectivity index is 2.11. The van der Waals surface area contributed by atoms with E-state index in [1.165, 1.54) is 11.2 Å². The van der Waals surface area contributed by atoms with Gasteiger partial charge in [-0.25, -0.2) is 0 Å². The molecule has 6 heteroatoms. The van der Waals surface area contributed by atoms with E-state index in [4.69, 9.17) is 0 Å². The minimum absolute atomic E-state index is 0.229. The zero-order valence-corrected chi connectivity index (χ0v) is 12.6. The molecule has 0 saturated carbocycles. The summed E-state index contributed by atoms with van der Waals surface area (Å²) in [5.74, 6) is 0.817. The third-order valence-electron chi connectivity index (χ3n) is 4.44. The second-order valence-corrected chi connectivity index (χ2v) is 5.65. The van der Waals surface area contributed by atoms with Crippen LogP contribution in [0.5, 0.6) is 0 Å². The van der Waals surface area contributed by atoms with Gasteiger partial charge in [0.25, 0.3) is 0 Å². The molecule has 1 unspecified atom stereocenters. The smallest absolute Gasteiger partial charge is 0.188 e. The quantitative estimate of drug-likeness (QED) is 0.879. The fourth-order valence-corrected chi connectivity index (χ4v) is 2.83. The summed E-state index contributed by atoms with van der Waals surface area (Å²) in [7, 11) is 1.81. The topological polar surface area (TPSA) is 58.9 Å². The monoisotopic (exact) mass is 266 g/mol. The van der Waals surface area contributed by atoms with E-state index in [9.17, 15) is 0 Å². The second kappa shape index (κ2) is 5.96. The summed E-state index contributed by atoms with van der Waals surface area (Å²) in [6, 6.07) is 0.552. The van der Waals surface area contributed by atoms with Gasteiger partial charge < -0.3 is 5.32 Å². The molecule has 1 saturated heterocycles. The highest BCUT2D eigenvalue weighted by Gasteiger charge is 2.33. The Hall–Kier alpha value is -1.01. The number of nitrogens with one attached hydrogen (secondary N) is 1. The first-order valence-electron chi connectivity index (χ1n) is 7.30. The molecule has 1 aromatic heterocycles. The van der Waals surface area contributed by atoms with Gasteiger partial charge >= 0.3 is 0 Å². The lowest BCUT2D eigenvalue weighted by Gasteiger charge is -2.36. The van der Waals surface area contributed by atoms with Crippen LogP contribution in [-0.2, 0) is 13.6 Å². The molecule has 0 radical (unpaired) electrons. The Kier molecular flexibility index (Phi) is 4.52. The fraction of sp³-hybridized carbons (Fsp3) is 0.923. The normalized spacial score (nSPS) is 24.3. The molecule has 19 heavy (non-hydrogen) atoms.